The average Bonchev–Trinajstić information content (AvgIpc) is 2.95. The summed E-state index contributed by atoms with van der Waals surface area (Å²) >= 11 is 0. The Morgan fingerprint density at radius 2 is 2.07 bits per heavy atom. The SMILES string of the molecule is O=C[C@]1([N+](=O)[O-])C[C@@H]1c1ccccc1. The van der Waals surface area contributed by atoms with Gasteiger partial charge in [-0.3, -0.25) is 14.9 Å². The minimum atomic E-state index is -1.35. The number of rotatable bonds is 3. The van der Waals surface area contributed by atoms with E-state index in [1.807, 2.05) is 30.3 Å². The third-order valence-corrected chi connectivity index (χ3v) is 2.72. The van der Waals surface area contributed by atoms with E-state index in [9.17, 15) is 14.9 Å². The van der Waals surface area contributed by atoms with Gasteiger partial charge in [0, 0.05) is 11.3 Å². The zero-order valence-electron chi connectivity index (χ0n) is 7.42. The Morgan fingerprint density at radius 1 is 1.43 bits per heavy atom. The van der Waals surface area contributed by atoms with Gasteiger partial charge < -0.3 is 0 Å². The van der Waals surface area contributed by atoms with Gasteiger partial charge >= 0.3 is 0 Å². The number of hydrogen-bond acceptors (Lipinski definition) is 3. The first-order valence-electron chi connectivity index (χ1n) is 4.36. The number of nitro groups is 1. The van der Waals surface area contributed by atoms with Crippen LogP contribution in [0.2, 0.25) is 0 Å². The normalized spacial score (nSPS) is 29.6. The van der Waals surface area contributed by atoms with E-state index in [4.69, 9.17) is 0 Å². The lowest BCUT2D eigenvalue weighted by atomic mass is 10.1. The maximum Gasteiger partial charge on any atom is 0.284 e. The lowest BCUT2D eigenvalue weighted by Gasteiger charge is -2.00. The molecule has 0 radical (unpaired) electrons. The topological polar surface area (TPSA) is 60.2 Å². The van der Waals surface area contributed by atoms with E-state index in [0.717, 1.165) is 5.56 Å². The number of aldehydes is 1. The Kier molecular flexibility index (Phi) is 1.84. The van der Waals surface area contributed by atoms with Crippen LogP contribution in [-0.4, -0.2) is 16.7 Å². The molecule has 1 aliphatic rings. The van der Waals surface area contributed by atoms with Crippen molar-refractivity contribution in [3.63, 3.8) is 0 Å². The van der Waals surface area contributed by atoms with E-state index in [1.54, 1.807) is 0 Å². The molecule has 1 fully saturated rings. The summed E-state index contributed by atoms with van der Waals surface area (Å²) in [7, 11) is 0. The van der Waals surface area contributed by atoms with E-state index >= 15 is 0 Å². The molecule has 4 heteroatoms. The van der Waals surface area contributed by atoms with Gasteiger partial charge in [0.1, 0.15) is 0 Å². The predicted molar refractivity (Wildman–Crippen MR) is 49.6 cm³/mol. The highest BCUT2D eigenvalue weighted by Gasteiger charge is 2.67. The van der Waals surface area contributed by atoms with Crippen LogP contribution < -0.4 is 0 Å². The molecule has 2 rings (SSSR count). The fraction of sp³-hybridized carbons (Fsp3) is 0.300. The minimum absolute atomic E-state index is 0.240. The summed E-state index contributed by atoms with van der Waals surface area (Å²) in [5.74, 6) is -0.240. The highest BCUT2D eigenvalue weighted by atomic mass is 16.6. The molecule has 0 aliphatic heterocycles. The number of carbonyl (C=O) groups excluding carboxylic acids is 1. The molecule has 1 aliphatic carbocycles. The highest BCUT2D eigenvalue weighted by molar-refractivity contribution is 5.70. The fourth-order valence-electron chi connectivity index (χ4n) is 1.73. The second-order valence-corrected chi connectivity index (χ2v) is 3.53. The summed E-state index contributed by atoms with van der Waals surface area (Å²) < 4.78 is 0. The van der Waals surface area contributed by atoms with E-state index in [1.165, 1.54) is 0 Å². The molecule has 1 aromatic rings. The Hall–Kier alpha value is -1.71. The minimum Gasteiger partial charge on any atom is -0.295 e. The molecule has 0 aromatic heterocycles. The Balaban J connectivity index is 2.27. The van der Waals surface area contributed by atoms with Gasteiger partial charge in [0.05, 0.1) is 5.92 Å². The highest BCUT2D eigenvalue weighted by Crippen LogP contribution is 2.52. The fourth-order valence-corrected chi connectivity index (χ4v) is 1.73. The Labute approximate surface area is 80.7 Å². The van der Waals surface area contributed by atoms with Crippen LogP contribution in [0.15, 0.2) is 30.3 Å². The van der Waals surface area contributed by atoms with Crippen LogP contribution in [0.1, 0.15) is 17.9 Å². The van der Waals surface area contributed by atoms with Crippen molar-refractivity contribution < 1.29 is 9.72 Å². The van der Waals surface area contributed by atoms with Crippen LogP contribution >= 0.6 is 0 Å². The monoisotopic (exact) mass is 191 g/mol. The maximum absolute atomic E-state index is 10.7. The summed E-state index contributed by atoms with van der Waals surface area (Å²) in [5, 5.41) is 10.7. The third kappa shape index (κ3) is 1.11. The molecular weight excluding hydrogens is 182 g/mol. The number of hydrogen-bond donors (Lipinski definition) is 0. The molecule has 14 heavy (non-hydrogen) atoms. The zero-order chi connectivity index (χ0) is 10.2. The van der Waals surface area contributed by atoms with Crippen molar-refractivity contribution in [3.8, 4) is 0 Å². The Bertz CT molecular complexity index is 376. The maximum atomic E-state index is 10.7. The van der Waals surface area contributed by atoms with E-state index in [-0.39, 0.29) is 5.92 Å². The van der Waals surface area contributed by atoms with Gasteiger partial charge in [-0.05, 0) is 5.56 Å². The van der Waals surface area contributed by atoms with Crippen LogP contribution in [0.3, 0.4) is 0 Å². The number of benzene rings is 1. The lowest BCUT2D eigenvalue weighted by Crippen LogP contribution is -2.25. The molecule has 2 atom stereocenters. The van der Waals surface area contributed by atoms with Crippen molar-refractivity contribution in [2.75, 3.05) is 0 Å². The van der Waals surface area contributed by atoms with Gasteiger partial charge in [0.2, 0.25) is 0 Å². The van der Waals surface area contributed by atoms with Gasteiger partial charge in [-0.25, -0.2) is 0 Å². The molecule has 0 heterocycles. The molecule has 0 amide bonds. The molecule has 0 N–H and O–H groups in total. The second-order valence-electron chi connectivity index (χ2n) is 3.53. The Morgan fingerprint density at radius 3 is 2.50 bits per heavy atom. The van der Waals surface area contributed by atoms with Gasteiger partial charge in [0.25, 0.3) is 5.54 Å². The summed E-state index contributed by atoms with van der Waals surface area (Å²) in [6, 6.07) is 9.13. The standard InChI is InChI=1S/C10H9NO3/c12-7-10(11(13)14)6-9(10)8-4-2-1-3-5-8/h1-5,7,9H,6H2/t9-,10-/m1/s1. The molecule has 0 bridgehead atoms. The first-order chi connectivity index (χ1) is 6.70. The quantitative estimate of drug-likeness (QED) is 0.412. The molecule has 0 spiro atoms. The largest absolute Gasteiger partial charge is 0.295 e. The van der Waals surface area contributed by atoms with Crippen LogP contribution in [0.25, 0.3) is 0 Å². The van der Waals surface area contributed by atoms with Crippen LogP contribution in [0, 0.1) is 10.1 Å². The summed E-state index contributed by atoms with van der Waals surface area (Å²) in [6.45, 7) is 0. The van der Waals surface area contributed by atoms with Crippen molar-refractivity contribution in [1.29, 1.82) is 0 Å². The van der Waals surface area contributed by atoms with Crippen LogP contribution in [-0.2, 0) is 4.79 Å². The third-order valence-electron chi connectivity index (χ3n) is 2.72. The van der Waals surface area contributed by atoms with Crippen LogP contribution in [0.5, 0.6) is 0 Å². The van der Waals surface area contributed by atoms with E-state index in [2.05, 4.69) is 0 Å². The van der Waals surface area contributed by atoms with Crippen LogP contribution in [0.4, 0.5) is 0 Å². The summed E-state index contributed by atoms with van der Waals surface area (Å²) in [4.78, 5) is 20.9. The van der Waals surface area contributed by atoms with Crippen molar-refractivity contribution in [2.24, 2.45) is 0 Å². The molecule has 1 saturated carbocycles. The summed E-state index contributed by atoms with van der Waals surface area (Å²) in [5.41, 5.74) is -0.474. The second kappa shape index (κ2) is 2.90. The van der Waals surface area contributed by atoms with Gasteiger partial charge in [-0.15, -0.1) is 0 Å². The zero-order valence-corrected chi connectivity index (χ0v) is 7.42. The number of carbonyl (C=O) groups is 1. The molecule has 0 unspecified atom stereocenters. The van der Waals surface area contributed by atoms with E-state index < -0.39 is 10.5 Å². The molecule has 4 nitrogen and oxygen atoms in total. The summed E-state index contributed by atoms with van der Waals surface area (Å²) in [6.07, 6.45) is 0.790. The molecular formula is C10H9NO3. The predicted octanol–water partition coefficient (Wildman–Crippen LogP) is 1.39. The van der Waals surface area contributed by atoms with Crippen molar-refractivity contribution in [1.82, 2.24) is 0 Å². The first kappa shape index (κ1) is 8.87. The lowest BCUT2D eigenvalue weighted by molar-refractivity contribution is -0.521. The number of nitrogens with zero attached hydrogens (tertiary/aromatic N) is 1. The molecule has 0 saturated heterocycles. The molecule has 1 aromatic carbocycles. The van der Waals surface area contributed by atoms with Gasteiger partial charge in [-0.1, -0.05) is 30.3 Å². The van der Waals surface area contributed by atoms with Gasteiger partial charge in [-0.2, -0.15) is 0 Å². The van der Waals surface area contributed by atoms with Crippen molar-refractivity contribution in [2.45, 2.75) is 17.9 Å². The van der Waals surface area contributed by atoms with Crippen molar-refractivity contribution >= 4 is 6.29 Å². The van der Waals surface area contributed by atoms with Crippen molar-refractivity contribution in [3.05, 3.63) is 46.0 Å². The first-order valence-corrected chi connectivity index (χ1v) is 4.36. The average molecular weight is 191 g/mol. The van der Waals surface area contributed by atoms with E-state index in [0.29, 0.717) is 12.7 Å². The molecule has 72 valence electrons. The smallest absolute Gasteiger partial charge is 0.284 e. The van der Waals surface area contributed by atoms with Gasteiger partial charge in [0.15, 0.2) is 6.29 Å².